The lowest BCUT2D eigenvalue weighted by molar-refractivity contribution is 0.572. The van der Waals surface area contributed by atoms with Crippen molar-refractivity contribution in [3.8, 4) is 0 Å². The molecule has 1 nitrogen and oxygen atoms in total. The second-order valence-electron chi connectivity index (χ2n) is 6.04. The minimum absolute atomic E-state index is 0.330. The van der Waals surface area contributed by atoms with E-state index in [2.05, 4.69) is 84.5 Å². The highest BCUT2D eigenvalue weighted by Crippen LogP contribution is 2.23. The number of halogens is 1. The summed E-state index contributed by atoms with van der Waals surface area (Å²) in [4.78, 5) is 0. The van der Waals surface area contributed by atoms with Crippen LogP contribution in [0.5, 0.6) is 0 Å². The molecule has 0 fully saturated rings. The molecule has 2 aromatic carbocycles. The Kier molecular flexibility index (Phi) is 6.01. The van der Waals surface area contributed by atoms with Gasteiger partial charge < -0.3 is 5.32 Å². The van der Waals surface area contributed by atoms with E-state index < -0.39 is 0 Å². The maximum atomic E-state index is 3.62. The van der Waals surface area contributed by atoms with Crippen LogP contribution in [0.25, 0.3) is 0 Å². The molecule has 2 rings (SSSR count). The van der Waals surface area contributed by atoms with Crippen molar-refractivity contribution in [3.05, 3.63) is 69.7 Å². The molecule has 2 heteroatoms. The first-order valence-corrected chi connectivity index (χ1v) is 8.41. The number of benzene rings is 2. The van der Waals surface area contributed by atoms with Crippen LogP contribution in [0.3, 0.4) is 0 Å². The van der Waals surface area contributed by atoms with E-state index in [1.807, 2.05) is 6.07 Å². The first-order chi connectivity index (χ1) is 10.1. The van der Waals surface area contributed by atoms with Gasteiger partial charge in [0.25, 0.3) is 0 Å². The Balaban J connectivity index is 1.92. The van der Waals surface area contributed by atoms with Gasteiger partial charge in [-0.1, -0.05) is 72.2 Å². The third-order valence-corrected chi connectivity index (χ3v) is 4.37. The van der Waals surface area contributed by atoms with E-state index in [9.17, 15) is 0 Å². The van der Waals surface area contributed by atoms with Gasteiger partial charge in [-0.2, -0.15) is 0 Å². The van der Waals surface area contributed by atoms with Gasteiger partial charge in [-0.3, -0.25) is 0 Å². The van der Waals surface area contributed by atoms with E-state index in [0.29, 0.717) is 12.0 Å². The average Bonchev–Trinajstić information content (AvgIpc) is 2.46. The Morgan fingerprint density at radius 1 is 0.905 bits per heavy atom. The number of hydrogen-bond acceptors (Lipinski definition) is 1. The molecule has 2 aromatic rings. The summed E-state index contributed by atoms with van der Waals surface area (Å²) in [6, 6.07) is 17.7. The lowest BCUT2D eigenvalue weighted by Crippen LogP contribution is -2.18. The maximum Gasteiger partial charge on any atom is 0.0306 e. The van der Waals surface area contributed by atoms with Gasteiger partial charge in [0, 0.05) is 17.1 Å². The van der Waals surface area contributed by atoms with Crippen LogP contribution in [-0.4, -0.2) is 0 Å². The zero-order valence-electron chi connectivity index (χ0n) is 13.1. The standard InChI is InChI=1S/C19H24BrN/c1-14(2)12-16-8-10-17(11-9-16)13-21-15(3)18-6-4-5-7-19(18)20/h4-11,14-15,21H,12-13H2,1-3H3/t15-/m0/s1. The predicted octanol–water partition coefficient (Wildman–Crippen LogP) is 5.50. The van der Waals surface area contributed by atoms with Crippen LogP contribution in [0.15, 0.2) is 53.0 Å². The number of nitrogens with one attached hydrogen (secondary N) is 1. The highest BCUT2D eigenvalue weighted by molar-refractivity contribution is 9.10. The summed E-state index contributed by atoms with van der Waals surface area (Å²) < 4.78 is 1.16. The fourth-order valence-electron chi connectivity index (χ4n) is 2.47. The largest absolute Gasteiger partial charge is 0.306 e. The van der Waals surface area contributed by atoms with Crippen molar-refractivity contribution in [3.63, 3.8) is 0 Å². The molecule has 0 saturated carbocycles. The van der Waals surface area contributed by atoms with E-state index in [1.165, 1.54) is 16.7 Å². The van der Waals surface area contributed by atoms with Crippen LogP contribution in [-0.2, 0) is 13.0 Å². The minimum atomic E-state index is 0.330. The SMILES string of the molecule is CC(C)Cc1ccc(CN[C@@H](C)c2ccccc2Br)cc1. The molecule has 21 heavy (non-hydrogen) atoms. The van der Waals surface area contributed by atoms with Crippen LogP contribution in [0.1, 0.15) is 43.5 Å². The van der Waals surface area contributed by atoms with Gasteiger partial charge in [0.1, 0.15) is 0 Å². The fraction of sp³-hybridized carbons (Fsp3) is 0.368. The molecule has 0 aliphatic heterocycles. The highest BCUT2D eigenvalue weighted by atomic mass is 79.9. The van der Waals surface area contributed by atoms with Crippen molar-refractivity contribution < 1.29 is 0 Å². The highest BCUT2D eigenvalue weighted by Gasteiger charge is 2.08. The van der Waals surface area contributed by atoms with E-state index in [4.69, 9.17) is 0 Å². The summed E-state index contributed by atoms with van der Waals surface area (Å²) in [5, 5.41) is 3.59. The smallest absolute Gasteiger partial charge is 0.0306 e. The Bertz CT molecular complexity index is 560. The first-order valence-electron chi connectivity index (χ1n) is 7.62. The van der Waals surface area contributed by atoms with Crippen LogP contribution < -0.4 is 5.32 Å². The molecule has 0 heterocycles. The van der Waals surface area contributed by atoms with E-state index in [0.717, 1.165) is 17.4 Å². The zero-order valence-corrected chi connectivity index (χ0v) is 14.7. The molecule has 1 N–H and O–H groups in total. The molecule has 0 saturated heterocycles. The summed E-state index contributed by atoms with van der Waals surface area (Å²) in [6.07, 6.45) is 1.15. The first kappa shape index (κ1) is 16.3. The quantitative estimate of drug-likeness (QED) is 0.728. The van der Waals surface area contributed by atoms with Crippen molar-refractivity contribution >= 4 is 15.9 Å². The van der Waals surface area contributed by atoms with Crippen molar-refractivity contribution in [1.29, 1.82) is 0 Å². The maximum absolute atomic E-state index is 3.62. The van der Waals surface area contributed by atoms with E-state index >= 15 is 0 Å². The monoisotopic (exact) mass is 345 g/mol. The van der Waals surface area contributed by atoms with E-state index in [1.54, 1.807) is 0 Å². The van der Waals surface area contributed by atoms with Gasteiger partial charge in [0.15, 0.2) is 0 Å². The third-order valence-electron chi connectivity index (χ3n) is 3.65. The van der Waals surface area contributed by atoms with Gasteiger partial charge >= 0.3 is 0 Å². The molecule has 0 spiro atoms. The molecule has 112 valence electrons. The average molecular weight is 346 g/mol. The second kappa shape index (κ2) is 7.77. The third kappa shape index (κ3) is 4.98. The van der Waals surface area contributed by atoms with Crippen molar-refractivity contribution in [1.82, 2.24) is 5.32 Å². The molecule has 0 aliphatic rings. The number of hydrogen-bond donors (Lipinski definition) is 1. The molecule has 1 atom stereocenters. The van der Waals surface area contributed by atoms with Crippen LogP contribution >= 0.6 is 15.9 Å². The molecular formula is C19H24BrN. The summed E-state index contributed by atoms with van der Waals surface area (Å²) in [7, 11) is 0. The van der Waals surface area contributed by atoms with Gasteiger partial charge in [0.2, 0.25) is 0 Å². The van der Waals surface area contributed by atoms with Gasteiger partial charge in [-0.25, -0.2) is 0 Å². The van der Waals surface area contributed by atoms with Crippen LogP contribution in [0.2, 0.25) is 0 Å². The summed E-state index contributed by atoms with van der Waals surface area (Å²) >= 11 is 3.62. The van der Waals surface area contributed by atoms with Crippen molar-refractivity contribution in [2.45, 2.75) is 39.8 Å². The number of rotatable bonds is 6. The lowest BCUT2D eigenvalue weighted by Gasteiger charge is -2.16. The topological polar surface area (TPSA) is 12.0 Å². The summed E-state index contributed by atoms with van der Waals surface area (Å²) in [5.74, 6) is 0.712. The van der Waals surface area contributed by atoms with E-state index in [-0.39, 0.29) is 0 Å². The molecule has 0 amide bonds. The predicted molar refractivity (Wildman–Crippen MR) is 94.4 cm³/mol. The Morgan fingerprint density at radius 2 is 1.52 bits per heavy atom. The van der Waals surface area contributed by atoms with Crippen LogP contribution in [0, 0.1) is 5.92 Å². The lowest BCUT2D eigenvalue weighted by atomic mass is 10.0. The molecule has 0 unspecified atom stereocenters. The van der Waals surface area contributed by atoms with Crippen molar-refractivity contribution in [2.24, 2.45) is 5.92 Å². The van der Waals surface area contributed by atoms with Gasteiger partial charge in [-0.15, -0.1) is 0 Å². The molecule has 0 aliphatic carbocycles. The Hall–Kier alpha value is -1.12. The summed E-state index contributed by atoms with van der Waals surface area (Å²) in [5.41, 5.74) is 4.06. The zero-order chi connectivity index (χ0) is 15.2. The van der Waals surface area contributed by atoms with Gasteiger partial charge in [-0.05, 0) is 42.0 Å². The molecule has 0 aromatic heterocycles. The summed E-state index contributed by atoms with van der Waals surface area (Å²) in [6.45, 7) is 7.61. The fourth-order valence-corrected chi connectivity index (χ4v) is 3.10. The Morgan fingerprint density at radius 3 is 2.14 bits per heavy atom. The minimum Gasteiger partial charge on any atom is -0.306 e. The van der Waals surface area contributed by atoms with Crippen molar-refractivity contribution in [2.75, 3.05) is 0 Å². The normalized spacial score (nSPS) is 12.6. The van der Waals surface area contributed by atoms with Gasteiger partial charge in [0.05, 0.1) is 0 Å². The second-order valence-corrected chi connectivity index (χ2v) is 6.89. The molecule has 0 radical (unpaired) electrons. The molecular weight excluding hydrogens is 322 g/mol. The molecule has 0 bridgehead atoms. The Labute approximate surface area is 136 Å². The van der Waals surface area contributed by atoms with Crippen LogP contribution in [0.4, 0.5) is 0 Å².